The number of nitrogens with one attached hydrogen (secondary N) is 1. The summed E-state index contributed by atoms with van der Waals surface area (Å²) in [5, 5.41) is 2.84. The first-order chi connectivity index (χ1) is 12.0. The molecular formula is C19H23N3O3. The van der Waals surface area contributed by atoms with E-state index in [-0.39, 0.29) is 17.7 Å². The third-order valence-electron chi connectivity index (χ3n) is 4.10. The molecule has 25 heavy (non-hydrogen) atoms. The summed E-state index contributed by atoms with van der Waals surface area (Å²) < 4.78 is 5.29. The van der Waals surface area contributed by atoms with Crippen molar-refractivity contribution in [3.63, 3.8) is 0 Å². The predicted octanol–water partition coefficient (Wildman–Crippen LogP) is 3.35. The second-order valence-electron chi connectivity index (χ2n) is 5.79. The largest absolute Gasteiger partial charge is 0.495 e. The Hall–Kier alpha value is -2.89. The Morgan fingerprint density at radius 3 is 2.68 bits per heavy atom. The van der Waals surface area contributed by atoms with Gasteiger partial charge in [-0.15, -0.1) is 0 Å². The molecule has 0 saturated carbocycles. The number of carbonyl (C=O) groups excluding carboxylic acids is 2. The fraction of sp³-hybridized carbons (Fsp3) is 0.316. The lowest BCUT2D eigenvalue weighted by Crippen LogP contribution is -2.26. The number of anilines is 2. The van der Waals surface area contributed by atoms with E-state index in [1.165, 1.54) is 12.0 Å². The third-order valence-corrected chi connectivity index (χ3v) is 4.10. The molecule has 0 saturated heterocycles. The van der Waals surface area contributed by atoms with Crippen LogP contribution in [0.2, 0.25) is 0 Å². The van der Waals surface area contributed by atoms with Gasteiger partial charge in [0.1, 0.15) is 5.75 Å². The van der Waals surface area contributed by atoms with Crippen LogP contribution in [-0.4, -0.2) is 31.0 Å². The SMILES string of the molecule is CCC(C)C(=O)Nc1cc(C(=O)N(C)c2cccnc2)ccc1OC. The Bertz CT molecular complexity index is 747. The van der Waals surface area contributed by atoms with Crippen molar-refractivity contribution in [1.29, 1.82) is 0 Å². The summed E-state index contributed by atoms with van der Waals surface area (Å²) in [5.41, 5.74) is 1.62. The van der Waals surface area contributed by atoms with Crippen LogP contribution in [0.4, 0.5) is 11.4 Å². The number of nitrogens with zero attached hydrogens (tertiary/aromatic N) is 2. The van der Waals surface area contributed by atoms with Crippen LogP contribution in [0, 0.1) is 5.92 Å². The van der Waals surface area contributed by atoms with Gasteiger partial charge in [0.15, 0.2) is 0 Å². The van der Waals surface area contributed by atoms with Gasteiger partial charge in [0, 0.05) is 24.7 Å². The van der Waals surface area contributed by atoms with Crippen molar-refractivity contribution in [2.75, 3.05) is 24.4 Å². The first-order valence-electron chi connectivity index (χ1n) is 8.14. The summed E-state index contributed by atoms with van der Waals surface area (Å²) in [6.07, 6.45) is 4.00. The Labute approximate surface area is 147 Å². The number of hydrogen-bond acceptors (Lipinski definition) is 4. The molecule has 2 aromatic rings. The average Bonchev–Trinajstić information content (AvgIpc) is 2.66. The van der Waals surface area contributed by atoms with Gasteiger partial charge in [0.05, 0.1) is 24.7 Å². The zero-order valence-corrected chi connectivity index (χ0v) is 14.9. The van der Waals surface area contributed by atoms with Crippen LogP contribution < -0.4 is 15.0 Å². The monoisotopic (exact) mass is 341 g/mol. The topological polar surface area (TPSA) is 71.5 Å². The fourth-order valence-electron chi connectivity index (χ4n) is 2.24. The van der Waals surface area contributed by atoms with E-state index in [4.69, 9.17) is 4.74 Å². The lowest BCUT2D eigenvalue weighted by Gasteiger charge is -2.18. The molecule has 0 aliphatic carbocycles. The molecule has 1 unspecified atom stereocenters. The molecule has 6 heteroatoms. The highest BCUT2D eigenvalue weighted by Gasteiger charge is 2.18. The number of pyridine rings is 1. The van der Waals surface area contributed by atoms with Crippen molar-refractivity contribution in [2.45, 2.75) is 20.3 Å². The molecule has 1 atom stereocenters. The molecule has 0 bridgehead atoms. The lowest BCUT2D eigenvalue weighted by molar-refractivity contribution is -0.119. The normalized spacial score (nSPS) is 11.5. The molecule has 1 aromatic carbocycles. The van der Waals surface area contributed by atoms with E-state index < -0.39 is 0 Å². The number of hydrogen-bond donors (Lipinski definition) is 1. The lowest BCUT2D eigenvalue weighted by atomic mass is 10.1. The molecule has 2 amide bonds. The van der Waals surface area contributed by atoms with Gasteiger partial charge in [-0.25, -0.2) is 0 Å². The first-order valence-corrected chi connectivity index (χ1v) is 8.14. The Kier molecular flexibility index (Phi) is 6.11. The van der Waals surface area contributed by atoms with Crippen LogP contribution in [0.1, 0.15) is 30.6 Å². The second kappa shape index (κ2) is 8.28. The standard InChI is InChI=1S/C19H23N3O3/c1-5-13(2)18(23)21-16-11-14(8-9-17(16)25-4)19(24)22(3)15-7-6-10-20-12-15/h6-13H,5H2,1-4H3,(H,21,23). The van der Waals surface area contributed by atoms with E-state index in [2.05, 4.69) is 10.3 Å². The third kappa shape index (κ3) is 4.35. The summed E-state index contributed by atoms with van der Waals surface area (Å²) in [6.45, 7) is 3.80. The van der Waals surface area contributed by atoms with E-state index >= 15 is 0 Å². The fourth-order valence-corrected chi connectivity index (χ4v) is 2.24. The maximum absolute atomic E-state index is 12.7. The van der Waals surface area contributed by atoms with Crippen molar-refractivity contribution in [1.82, 2.24) is 4.98 Å². The molecule has 0 fully saturated rings. The number of amides is 2. The van der Waals surface area contributed by atoms with E-state index in [9.17, 15) is 9.59 Å². The smallest absolute Gasteiger partial charge is 0.258 e. The van der Waals surface area contributed by atoms with E-state index in [1.54, 1.807) is 49.8 Å². The zero-order chi connectivity index (χ0) is 18.4. The number of aromatic nitrogens is 1. The first kappa shape index (κ1) is 18.4. The van der Waals surface area contributed by atoms with Gasteiger partial charge in [-0.05, 0) is 36.8 Å². The van der Waals surface area contributed by atoms with Gasteiger partial charge < -0.3 is 15.0 Å². The summed E-state index contributed by atoms with van der Waals surface area (Å²) >= 11 is 0. The van der Waals surface area contributed by atoms with Crippen LogP contribution >= 0.6 is 0 Å². The number of ether oxygens (including phenoxy) is 1. The van der Waals surface area contributed by atoms with Crippen LogP contribution in [0.3, 0.4) is 0 Å². The van der Waals surface area contributed by atoms with Gasteiger partial charge in [-0.2, -0.15) is 0 Å². The molecule has 1 aromatic heterocycles. The van der Waals surface area contributed by atoms with Gasteiger partial charge in [0.25, 0.3) is 5.91 Å². The van der Waals surface area contributed by atoms with Crippen LogP contribution in [-0.2, 0) is 4.79 Å². The molecule has 1 N–H and O–H groups in total. The maximum atomic E-state index is 12.7. The average molecular weight is 341 g/mol. The van der Waals surface area contributed by atoms with Crippen molar-refractivity contribution in [3.8, 4) is 5.75 Å². The van der Waals surface area contributed by atoms with Gasteiger partial charge >= 0.3 is 0 Å². The van der Waals surface area contributed by atoms with Crippen LogP contribution in [0.25, 0.3) is 0 Å². The van der Waals surface area contributed by atoms with Crippen molar-refractivity contribution >= 4 is 23.2 Å². The number of benzene rings is 1. The molecule has 0 aliphatic rings. The maximum Gasteiger partial charge on any atom is 0.258 e. The number of methoxy groups -OCH3 is 1. The number of carbonyl (C=O) groups is 2. The molecule has 6 nitrogen and oxygen atoms in total. The van der Waals surface area contributed by atoms with E-state index in [0.717, 1.165) is 6.42 Å². The predicted molar refractivity (Wildman–Crippen MR) is 98.0 cm³/mol. The van der Waals surface area contributed by atoms with Crippen molar-refractivity contribution < 1.29 is 14.3 Å². The van der Waals surface area contributed by atoms with Crippen molar-refractivity contribution in [3.05, 3.63) is 48.3 Å². The quantitative estimate of drug-likeness (QED) is 0.874. The summed E-state index contributed by atoms with van der Waals surface area (Å²) in [6, 6.07) is 8.56. The van der Waals surface area contributed by atoms with Gasteiger partial charge in [0.2, 0.25) is 5.91 Å². The van der Waals surface area contributed by atoms with E-state index in [1.807, 2.05) is 13.8 Å². The molecule has 2 rings (SSSR count). The number of rotatable bonds is 6. The zero-order valence-electron chi connectivity index (χ0n) is 14.9. The van der Waals surface area contributed by atoms with Gasteiger partial charge in [-0.3, -0.25) is 14.6 Å². The summed E-state index contributed by atoms with van der Waals surface area (Å²) in [5.74, 6) is 0.0834. The van der Waals surface area contributed by atoms with Crippen LogP contribution in [0.5, 0.6) is 5.75 Å². The second-order valence-corrected chi connectivity index (χ2v) is 5.79. The minimum atomic E-state index is -0.199. The summed E-state index contributed by atoms with van der Waals surface area (Å²) in [7, 11) is 3.21. The minimum Gasteiger partial charge on any atom is -0.495 e. The Morgan fingerprint density at radius 2 is 2.08 bits per heavy atom. The summed E-state index contributed by atoms with van der Waals surface area (Å²) in [4.78, 5) is 30.4. The van der Waals surface area contributed by atoms with Crippen LogP contribution in [0.15, 0.2) is 42.7 Å². The Balaban J connectivity index is 2.28. The molecule has 0 spiro atoms. The molecule has 0 radical (unpaired) electrons. The molecule has 0 aliphatic heterocycles. The molecular weight excluding hydrogens is 318 g/mol. The van der Waals surface area contributed by atoms with Gasteiger partial charge in [-0.1, -0.05) is 13.8 Å². The molecule has 1 heterocycles. The Morgan fingerprint density at radius 1 is 1.32 bits per heavy atom. The highest BCUT2D eigenvalue weighted by molar-refractivity contribution is 6.07. The molecule has 132 valence electrons. The van der Waals surface area contributed by atoms with Crippen molar-refractivity contribution in [2.24, 2.45) is 5.92 Å². The minimum absolute atomic E-state index is 0.106. The highest BCUT2D eigenvalue weighted by Crippen LogP contribution is 2.27. The highest BCUT2D eigenvalue weighted by atomic mass is 16.5. The van der Waals surface area contributed by atoms with E-state index in [0.29, 0.717) is 22.7 Å².